The van der Waals surface area contributed by atoms with Gasteiger partial charge in [0.15, 0.2) is 0 Å². The predicted molar refractivity (Wildman–Crippen MR) is 153 cm³/mol. The molecule has 2 aliphatic rings. The van der Waals surface area contributed by atoms with E-state index in [-0.39, 0.29) is 36.6 Å². The summed E-state index contributed by atoms with van der Waals surface area (Å²) in [6.45, 7) is 9.39. The number of anilines is 2. The number of aliphatic hydroxyl groups is 1. The van der Waals surface area contributed by atoms with E-state index < -0.39 is 0 Å². The minimum atomic E-state index is -0.362. The van der Waals surface area contributed by atoms with Crippen LogP contribution in [0.3, 0.4) is 0 Å². The number of aryl methyl sites for hydroxylation is 1. The number of nitrogens with zero attached hydrogens (tertiary/aromatic N) is 7. The second-order valence-electron chi connectivity index (χ2n) is 11.1. The summed E-state index contributed by atoms with van der Waals surface area (Å²) in [6.07, 6.45) is 2.30. The van der Waals surface area contributed by atoms with Crippen LogP contribution in [-0.2, 0) is 22.7 Å². The highest BCUT2D eigenvalue weighted by atomic mass is 16.5. The number of ether oxygens (including phenoxy) is 1. The SMILES string of the molecule is C[C@@H]1CN([C@H](C)CO)C(=O)CCCn2nncc2CO[C@H]1CN(C)C(=O)Nc1ccc(N2CCN(C)CC2)cc1. The molecule has 0 spiro atoms. The van der Waals surface area contributed by atoms with Crippen LogP contribution in [0.5, 0.6) is 0 Å². The second-order valence-corrected chi connectivity index (χ2v) is 11.1. The lowest BCUT2D eigenvalue weighted by Gasteiger charge is -2.35. The molecule has 220 valence electrons. The summed E-state index contributed by atoms with van der Waals surface area (Å²) < 4.78 is 8.10. The highest BCUT2D eigenvalue weighted by Crippen LogP contribution is 2.21. The van der Waals surface area contributed by atoms with E-state index in [4.69, 9.17) is 4.74 Å². The number of nitrogens with one attached hydrogen (secondary N) is 1. The molecule has 3 atom stereocenters. The van der Waals surface area contributed by atoms with Crippen molar-refractivity contribution < 1.29 is 19.4 Å². The van der Waals surface area contributed by atoms with Crippen LogP contribution in [0.2, 0.25) is 0 Å². The zero-order valence-electron chi connectivity index (χ0n) is 24.2. The lowest BCUT2D eigenvalue weighted by atomic mass is 10.0. The summed E-state index contributed by atoms with van der Waals surface area (Å²) in [5.74, 6) is -0.111. The average Bonchev–Trinajstić information content (AvgIpc) is 3.40. The van der Waals surface area contributed by atoms with Crippen LogP contribution in [0.1, 0.15) is 32.4 Å². The quantitative estimate of drug-likeness (QED) is 0.552. The van der Waals surface area contributed by atoms with Crippen LogP contribution >= 0.6 is 0 Å². The fraction of sp³-hybridized carbons (Fsp3) is 0.643. The van der Waals surface area contributed by atoms with E-state index in [2.05, 4.69) is 32.5 Å². The van der Waals surface area contributed by atoms with Gasteiger partial charge in [0, 0.05) is 76.6 Å². The Bertz CT molecular complexity index is 1100. The van der Waals surface area contributed by atoms with Crippen LogP contribution in [0, 0.1) is 5.92 Å². The van der Waals surface area contributed by atoms with E-state index in [1.807, 2.05) is 38.1 Å². The lowest BCUT2D eigenvalue weighted by molar-refractivity contribution is -0.136. The number of hydrogen-bond donors (Lipinski definition) is 2. The largest absolute Gasteiger partial charge is 0.394 e. The molecule has 1 aromatic heterocycles. The number of piperazine rings is 1. The molecule has 0 bridgehead atoms. The zero-order chi connectivity index (χ0) is 28.6. The molecule has 3 heterocycles. The number of fused-ring (bicyclic) bond motifs is 1. The first-order chi connectivity index (χ1) is 19.2. The van der Waals surface area contributed by atoms with Gasteiger partial charge in [-0.1, -0.05) is 12.1 Å². The third kappa shape index (κ3) is 7.70. The Morgan fingerprint density at radius 3 is 2.62 bits per heavy atom. The molecule has 12 heteroatoms. The third-order valence-corrected chi connectivity index (χ3v) is 7.93. The normalized spacial score (nSPS) is 22.2. The number of likely N-dealkylation sites (N-methyl/N-ethyl adjacent to an activating group) is 2. The van der Waals surface area contributed by atoms with Crippen molar-refractivity contribution in [3.05, 3.63) is 36.2 Å². The minimum absolute atomic E-state index is 0.0134. The van der Waals surface area contributed by atoms with E-state index in [0.717, 1.165) is 43.2 Å². The maximum absolute atomic E-state index is 13.1. The fourth-order valence-electron chi connectivity index (χ4n) is 5.14. The van der Waals surface area contributed by atoms with Crippen LogP contribution in [0.15, 0.2) is 30.5 Å². The Kier molecular flexibility index (Phi) is 10.3. The molecule has 12 nitrogen and oxygen atoms in total. The van der Waals surface area contributed by atoms with Crippen molar-refractivity contribution in [2.75, 3.05) is 70.2 Å². The fourth-order valence-corrected chi connectivity index (χ4v) is 5.14. The van der Waals surface area contributed by atoms with Gasteiger partial charge in [-0.25, -0.2) is 9.48 Å². The molecule has 2 N–H and O–H groups in total. The topological polar surface area (TPSA) is 119 Å². The Balaban J connectivity index is 1.41. The Morgan fingerprint density at radius 2 is 1.93 bits per heavy atom. The van der Waals surface area contributed by atoms with Gasteiger partial charge >= 0.3 is 6.03 Å². The molecule has 0 radical (unpaired) electrons. The maximum Gasteiger partial charge on any atom is 0.321 e. The number of urea groups is 1. The highest BCUT2D eigenvalue weighted by molar-refractivity contribution is 5.89. The van der Waals surface area contributed by atoms with E-state index in [0.29, 0.717) is 39.1 Å². The number of carbonyl (C=O) groups excluding carboxylic acids is 2. The molecule has 40 heavy (non-hydrogen) atoms. The molecular weight excluding hydrogens is 512 g/mol. The zero-order valence-corrected chi connectivity index (χ0v) is 24.2. The number of hydrogen-bond acceptors (Lipinski definition) is 8. The van der Waals surface area contributed by atoms with Crippen molar-refractivity contribution >= 4 is 23.3 Å². The molecule has 2 aromatic rings. The molecule has 3 amide bonds. The minimum Gasteiger partial charge on any atom is -0.394 e. The summed E-state index contributed by atoms with van der Waals surface area (Å²) in [6, 6.07) is 7.41. The van der Waals surface area contributed by atoms with Gasteiger partial charge in [0.1, 0.15) is 0 Å². The first-order valence-electron chi connectivity index (χ1n) is 14.2. The number of aliphatic hydroxyl groups excluding tert-OH is 1. The van der Waals surface area contributed by atoms with Crippen LogP contribution < -0.4 is 10.2 Å². The van der Waals surface area contributed by atoms with Crippen molar-refractivity contribution in [3.63, 3.8) is 0 Å². The Labute approximate surface area is 236 Å². The summed E-state index contributed by atoms with van der Waals surface area (Å²) in [5, 5.41) is 20.9. The van der Waals surface area contributed by atoms with Gasteiger partial charge in [-0.3, -0.25) is 4.79 Å². The maximum atomic E-state index is 13.1. The molecule has 0 unspecified atom stereocenters. The average molecular weight is 557 g/mol. The number of carbonyl (C=O) groups is 2. The van der Waals surface area contributed by atoms with Gasteiger partial charge in [0.25, 0.3) is 0 Å². The van der Waals surface area contributed by atoms with Gasteiger partial charge in [0.2, 0.25) is 5.91 Å². The van der Waals surface area contributed by atoms with Gasteiger partial charge in [-0.15, -0.1) is 5.10 Å². The predicted octanol–water partition coefficient (Wildman–Crippen LogP) is 1.72. The number of aromatic nitrogens is 3. The number of amides is 3. The second kappa shape index (κ2) is 13.9. The third-order valence-electron chi connectivity index (χ3n) is 7.93. The lowest BCUT2D eigenvalue weighted by Crippen LogP contribution is -2.48. The van der Waals surface area contributed by atoms with Crippen molar-refractivity contribution in [2.24, 2.45) is 5.92 Å². The van der Waals surface area contributed by atoms with Crippen molar-refractivity contribution in [1.82, 2.24) is 29.7 Å². The van der Waals surface area contributed by atoms with Gasteiger partial charge < -0.3 is 34.8 Å². The van der Waals surface area contributed by atoms with Crippen LogP contribution in [0.25, 0.3) is 0 Å². The van der Waals surface area contributed by atoms with Crippen LogP contribution in [0.4, 0.5) is 16.2 Å². The summed E-state index contributed by atoms with van der Waals surface area (Å²) in [4.78, 5) is 34.2. The van der Waals surface area contributed by atoms with E-state index in [1.165, 1.54) is 0 Å². The van der Waals surface area contributed by atoms with Crippen molar-refractivity contribution in [3.8, 4) is 0 Å². The smallest absolute Gasteiger partial charge is 0.321 e. The number of benzene rings is 1. The summed E-state index contributed by atoms with van der Waals surface area (Å²) >= 11 is 0. The molecule has 0 saturated carbocycles. The molecule has 2 aliphatic heterocycles. The van der Waals surface area contributed by atoms with E-state index in [9.17, 15) is 14.7 Å². The molecule has 0 aliphatic carbocycles. The van der Waals surface area contributed by atoms with E-state index in [1.54, 1.807) is 27.7 Å². The molecule has 1 aromatic carbocycles. The molecule has 4 rings (SSSR count). The van der Waals surface area contributed by atoms with Crippen LogP contribution in [-0.4, -0.2) is 119 Å². The number of rotatable bonds is 6. The molecular formula is C28H44N8O4. The molecule has 1 fully saturated rings. The van der Waals surface area contributed by atoms with E-state index >= 15 is 0 Å². The first kappa shape index (κ1) is 29.8. The van der Waals surface area contributed by atoms with Gasteiger partial charge in [-0.05, 0) is 44.7 Å². The molecule has 1 saturated heterocycles. The Morgan fingerprint density at radius 1 is 1.20 bits per heavy atom. The monoisotopic (exact) mass is 556 g/mol. The highest BCUT2D eigenvalue weighted by Gasteiger charge is 2.29. The van der Waals surface area contributed by atoms with Crippen molar-refractivity contribution in [2.45, 2.75) is 52.0 Å². The van der Waals surface area contributed by atoms with Crippen molar-refractivity contribution in [1.29, 1.82) is 0 Å². The summed E-state index contributed by atoms with van der Waals surface area (Å²) in [7, 11) is 3.88. The van der Waals surface area contributed by atoms with Gasteiger partial charge in [-0.2, -0.15) is 0 Å². The standard InChI is InChI=1S/C28H44N8O4/c1-21-17-35(22(2)19-37)27(38)6-5-11-36-25(16-29-31-36)20-40-26(21)18-33(4)28(39)30-23-7-9-24(10-8-23)34-14-12-32(3)13-15-34/h7-10,16,21-22,26,37H,5-6,11-15,17-20H2,1-4H3,(H,30,39)/t21-,22-,26+/m1/s1. The van der Waals surface area contributed by atoms with Gasteiger partial charge in [0.05, 0.1) is 37.3 Å². The first-order valence-corrected chi connectivity index (χ1v) is 14.2. The summed E-state index contributed by atoms with van der Waals surface area (Å²) in [5.41, 5.74) is 2.71. The Hall–Kier alpha value is -3.22.